The second-order valence-corrected chi connectivity index (χ2v) is 4.45. The van der Waals surface area contributed by atoms with Gasteiger partial charge in [-0.3, -0.25) is 4.79 Å². The Morgan fingerprint density at radius 3 is 2.48 bits per heavy atom. The number of furan rings is 1. The van der Waals surface area contributed by atoms with Crippen LogP contribution < -0.4 is 20.5 Å². The summed E-state index contributed by atoms with van der Waals surface area (Å²) >= 11 is 0. The molecular formula is C15H18N2O4. The molecule has 112 valence electrons. The van der Waals surface area contributed by atoms with Gasteiger partial charge in [0.25, 0.3) is 5.91 Å². The van der Waals surface area contributed by atoms with E-state index >= 15 is 0 Å². The number of ether oxygens (including phenoxy) is 2. The molecule has 2 rings (SSSR count). The Bertz CT molecular complexity index is 649. The summed E-state index contributed by atoms with van der Waals surface area (Å²) in [6, 6.07) is 6.77. The lowest BCUT2D eigenvalue weighted by Crippen LogP contribution is -2.12. The topological polar surface area (TPSA) is 86.7 Å². The van der Waals surface area contributed by atoms with Crippen LogP contribution in [-0.2, 0) is 6.54 Å². The smallest absolute Gasteiger partial charge is 0.291 e. The lowest BCUT2D eigenvalue weighted by atomic mass is 10.1. The van der Waals surface area contributed by atoms with Gasteiger partial charge in [-0.15, -0.1) is 0 Å². The van der Waals surface area contributed by atoms with Gasteiger partial charge >= 0.3 is 0 Å². The van der Waals surface area contributed by atoms with Crippen molar-refractivity contribution < 1.29 is 18.7 Å². The van der Waals surface area contributed by atoms with E-state index in [1.165, 1.54) is 0 Å². The number of carbonyl (C=O) groups is 1. The van der Waals surface area contributed by atoms with Gasteiger partial charge in [0.2, 0.25) is 0 Å². The zero-order valence-electron chi connectivity index (χ0n) is 12.2. The van der Waals surface area contributed by atoms with Crippen molar-refractivity contribution in [2.75, 3.05) is 19.5 Å². The van der Waals surface area contributed by atoms with Crippen LogP contribution in [0.15, 0.2) is 28.7 Å². The van der Waals surface area contributed by atoms with Gasteiger partial charge in [0.1, 0.15) is 5.76 Å². The monoisotopic (exact) mass is 290 g/mol. The van der Waals surface area contributed by atoms with Gasteiger partial charge in [0.05, 0.1) is 20.8 Å². The number of nitrogens with one attached hydrogen (secondary N) is 1. The molecule has 2 aromatic rings. The Morgan fingerprint density at radius 1 is 1.24 bits per heavy atom. The van der Waals surface area contributed by atoms with E-state index in [0.29, 0.717) is 22.9 Å². The number of anilines is 1. The van der Waals surface area contributed by atoms with E-state index in [0.717, 1.165) is 5.56 Å². The zero-order chi connectivity index (χ0) is 15.4. The number of rotatable bonds is 5. The number of methoxy groups -OCH3 is 2. The minimum Gasteiger partial charge on any atom is -0.493 e. The molecule has 0 unspecified atom stereocenters. The Morgan fingerprint density at radius 2 is 1.90 bits per heavy atom. The highest BCUT2D eigenvalue weighted by Crippen LogP contribution is 2.33. The van der Waals surface area contributed by atoms with Gasteiger partial charge in [-0.1, -0.05) is 0 Å². The first-order valence-corrected chi connectivity index (χ1v) is 6.41. The molecule has 0 saturated heterocycles. The van der Waals surface area contributed by atoms with E-state index in [-0.39, 0.29) is 18.2 Å². The summed E-state index contributed by atoms with van der Waals surface area (Å²) in [6.07, 6.45) is 0. The number of hydrogen-bond acceptors (Lipinski definition) is 5. The number of amides is 1. The van der Waals surface area contributed by atoms with Crippen LogP contribution >= 0.6 is 0 Å². The molecule has 3 N–H and O–H groups in total. The van der Waals surface area contributed by atoms with Crippen LogP contribution in [0, 0.1) is 6.92 Å². The molecule has 0 bridgehead atoms. The average Bonchev–Trinajstić information content (AvgIpc) is 2.97. The predicted octanol–water partition coefficient (Wildman–Crippen LogP) is 2.32. The minimum absolute atomic E-state index is 0.213. The number of carbonyl (C=O) groups excluding carboxylic acids is 1. The van der Waals surface area contributed by atoms with Crippen molar-refractivity contribution in [3.63, 3.8) is 0 Å². The van der Waals surface area contributed by atoms with Crippen LogP contribution in [0.2, 0.25) is 0 Å². The molecule has 0 spiro atoms. The van der Waals surface area contributed by atoms with E-state index in [1.54, 1.807) is 38.5 Å². The van der Waals surface area contributed by atoms with Crippen LogP contribution in [0.5, 0.6) is 11.5 Å². The van der Waals surface area contributed by atoms with Crippen LogP contribution in [0.1, 0.15) is 21.9 Å². The van der Waals surface area contributed by atoms with E-state index in [1.807, 2.05) is 6.92 Å². The highest BCUT2D eigenvalue weighted by molar-refractivity contribution is 6.02. The third-order valence-electron chi connectivity index (χ3n) is 3.07. The number of nitrogens with two attached hydrogens (primary N) is 1. The Kier molecular flexibility index (Phi) is 4.49. The molecule has 0 fully saturated rings. The predicted molar refractivity (Wildman–Crippen MR) is 78.8 cm³/mol. The quantitative estimate of drug-likeness (QED) is 0.882. The fourth-order valence-corrected chi connectivity index (χ4v) is 1.91. The van der Waals surface area contributed by atoms with Gasteiger partial charge < -0.3 is 24.9 Å². The first-order chi connectivity index (χ1) is 10.1. The molecule has 0 aliphatic carbocycles. The molecule has 1 aromatic carbocycles. The minimum atomic E-state index is -0.343. The number of aryl methyl sites for hydroxylation is 1. The maximum absolute atomic E-state index is 12.1. The van der Waals surface area contributed by atoms with E-state index in [4.69, 9.17) is 19.6 Å². The SMILES string of the molecule is COc1cc(C)c(NC(=O)c2ccc(CN)o2)cc1OC. The lowest BCUT2D eigenvalue weighted by molar-refractivity contribution is 0.0995. The summed E-state index contributed by atoms with van der Waals surface area (Å²) in [5.74, 6) is 1.58. The summed E-state index contributed by atoms with van der Waals surface area (Å²) in [4.78, 5) is 12.1. The standard InChI is InChI=1S/C15H18N2O4/c1-9-6-13(19-2)14(20-3)7-11(9)17-15(18)12-5-4-10(8-16)21-12/h4-7H,8,16H2,1-3H3,(H,17,18). The summed E-state index contributed by atoms with van der Waals surface area (Å²) in [5.41, 5.74) is 6.94. The van der Waals surface area contributed by atoms with Crippen LogP contribution in [0.25, 0.3) is 0 Å². The van der Waals surface area contributed by atoms with Gasteiger partial charge in [-0.25, -0.2) is 0 Å². The van der Waals surface area contributed by atoms with Crippen LogP contribution in [0.4, 0.5) is 5.69 Å². The molecule has 0 atom stereocenters. The summed E-state index contributed by atoms with van der Waals surface area (Å²) in [6.45, 7) is 2.12. The zero-order valence-corrected chi connectivity index (χ0v) is 12.2. The fourth-order valence-electron chi connectivity index (χ4n) is 1.91. The molecular weight excluding hydrogens is 272 g/mol. The highest BCUT2D eigenvalue weighted by Gasteiger charge is 2.14. The maximum atomic E-state index is 12.1. The van der Waals surface area contributed by atoms with E-state index in [2.05, 4.69) is 5.32 Å². The summed E-state index contributed by atoms with van der Waals surface area (Å²) < 4.78 is 15.7. The van der Waals surface area contributed by atoms with Gasteiger partial charge in [-0.2, -0.15) is 0 Å². The molecule has 1 aromatic heterocycles. The molecule has 1 amide bonds. The van der Waals surface area contributed by atoms with Gasteiger partial charge in [-0.05, 0) is 30.7 Å². The molecule has 21 heavy (non-hydrogen) atoms. The lowest BCUT2D eigenvalue weighted by Gasteiger charge is -2.13. The van der Waals surface area contributed by atoms with Crippen molar-refractivity contribution in [2.45, 2.75) is 13.5 Å². The van der Waals surface area contributed by atoms with Crippen molar-refractivity contribution in [1.82, 2.24) is 0 Å². The van der Waals surface area contributed by atoms with Crippen molar-refractivity contribution in [3.05, 3.63) is 41.3 Å². The summed E-state index contributed by atoms with van der Waals surface area (Å²) in [5, 5.41) is 2.78. The molecule has 0 aliphatic heterocycles. The van der Waals surface area contributed by atoms with Gasteiger partial charge in [0, 0.05) is 11.8 Å². The first-order valence-electron chi connectivity index (χ1n) is 6.41. The van der Waals surface area contributed by atoms with Gasteiger partial charge in [0.15, 0.2) is 17.3 Å². The second-order valence-electron chi connectivity index (χ2n) is 4.45. The average molecular weight is 290 g/mol. The maximum Gasteiger partial charge on any atom is 0.291 e. The van der Waals surface area contributed by atoms with Crippen molar-refractivity contribution >= 4 is 11.6 Å². The largest absolute Gasteiger partial charge is 0.493 e. The molecule has 6 heteroatoms. The van der Waals surface area contributed by atoms with E-state index in [9.17, 15) is 4.79 Å². The van der Waals surface area contributed by atoms with Crippen molar-refractivity contribution in [1.29, 1.82) is 0 Å². The third kappa shape index (κ3) is 3.17. The Hall–Kier alpha value is -2.47. The number of benzene rings is 1. The normalized spacial score (nSPS) is 10.3. The third-order valence-corrected chi connectivity index (χ3v) is 3.07. The number of hydrogen-bond donors (Lipinski definition) is 2. The summed E-state index contributed by atoms with van der Waals surface area (Å²) in [7, 11) is 3.10. The fraction of sp³-hybridized carbons (Fsp3) is 0.267. The second kappa shape index (κ2) is 6.32. The highest BCUT2D eigenvalue weighted by atomic mass is 16.5. The first kappa shape index (κ1) is 14.9. The molecule has 0 aliphatic rings. The Labute approximate surface area is 122 Å². The van der Waals surface area contributed by atoms with Crippen LogP contribution in [0.3, 0.4) is 0 Å². The van der Waals surface area contributed by atoms with Crippen molar-refractivity contribution in [2.24, 2.45) is 5.73 Å². The van der Waals surface area contributed by atoms with Crippen molar-refractivity contribution in [3.8, 4) is 11.5 Å². The molecule has 0 radical (unpaired) electrons. The Balaban J connectivity index is 2.24. The molecule has 6 nitrogen and oxygen atoms in total. The van der Waals surface area contributed by atoms with Crippen LogP contribution in [-0.4, -0.2) is 20.1 Å². The molecule has 1 heterocycles. The van der Waals surface area contributed by atoms with E-state index < -0.39 is 0 Å². The molecule has 0 saturated carbocycles.